The molecule has 178 valence electrons. The fraction of sp³-hybridized carbons (Fsp3) is 0.385. The Bertz CT molecular complexity index is 1220. The first-order chi connectivity index (χ1) is 16.1. The SMILES string of the molecule is C=Cc1ccnc(Nc2cc(C)cc(-c3cnc([C@@]4(O)CC[C@H](C(=O)OC)C(C)(C)C4)s3)c2)n1. The van der Waals surface area contributed by atoms with E-state index in [1.54, 1.807) is 18.3 Å². The van der Waals surface area contributed by atoms with E-state index >= 15 is 0 Å². The van der Waals surface area contributed by atoms with E-state index in [9.17, 15) is 9.90 Å². The minimum Gasteiger partial charge on any atom is -0.469 e. The summed E-state index contributed by atoms with van der Waals surface area (Å²) in [6, 6.07) is 7.94. The van der Waals surface area contributed by atoms with Gasteiger partial charge >= 0.3 is 5.97 Å². The van der Waals surface area contributed by atoms with Crippen LogP contribution < -0.4 is 5.32 Å². The second kappa shape index (κ2) is 9.27. The van der Waals surface area contributed by atoms with Crippen LogP contribution in [0.2, 0.25) is 0 Å². The zero-order valence-corrected chi connectivity index (χ0v) is 20.8. The number of hydrogen-bond donors (Lipinski definition) is 2. The van der Waals surface area contributed by atoms with Gasteiger partial charge < -0.3 is 15.2 Å². The molecule has 2 aromatic heterocycles. The molecule has 1 fully saturated rings. The number of nitrogens with one attached hydrogen (secondary N) is 1. The molecular weight excluding hydrogens is 448 g/mol. The van der Waals surface area contributed by atoms with Crippen LogP contribution >= 0.6 is 11.3 Å². The molecule has 0 aliphatic heterocycles. The lowest BCUT2D eigenvalue weighted by Gasteiger charge is -2.44. The maximum Gasteiger partial charge on any atom is 0.309 e. The normalized spacial score (nSPS) is 21.6. The van der Waals surface area contributed by atoms with Gasteiger partial charge in [0.05, 0.1) is 23.6 Å². The van der Waals surface area contributed by atoms with Gasteiger partial charge in [0.2, 0.25) is 5.95 Å². The number of esters is 1. The summed E-state index contributed by atoms with van der Waals surface area (Å²) in [5.74, 6) is 0.0524. The van der Waals surface area contributed by atoms with E-state index in [1.165, 1.54) is 18.4 Å². The average Bonchev–Trinajstić information content (AvgIpc) is 3.29. The summed E-state index contributed by atoms with van der Waals surface area (Å²) in [6.07, 6.45) is 6.66. The molecule has 34 heavy (non-hydrogen) atoms. The molecule has 2 heterocycles. The maximum absolute atomic E-state index is 12.2. The average molecular weight is 479 g/mol. The number of hydrogen-bond acceptors (Lipinski definition) is 8. The number of aromatic nitrogens is 3. The third kappa shape index (κ3) is 4.88. The van der Waals surface area contributed by atoms with Gasteiger partial charge in [0, 0.05) is 18.1 Å². The van der Waals surface area contributed by atoms with E-state index in [-0.39, 0.29) is 11.9 Å². The van der Waals surface area contributed by atoms with E-state index in [0.717, 1.165) is 27.4 Å². The molecular formula is C26H30N4O3S. The van der Waals surface area contributed by atoms with Gasteiger partial charge in [0.25, 0.3) is 0 Å². The molecule has 2 N–H and O–H groups in total. The van der Waals surface area contributed by atoms with Crippen LogP contribution in [-0.2, 0) is 15.1 Å². The lowest BCUT2D eigenvalue weighted by molar-refractivity contribution is -0.157. The smallest absolute Gasteiger partial charge is 0.309 e. The van der Waals surface area contributed by atoms with E-state index in [1.807, 2.05) is 39.1 Å². The van der Waals surface area contributed by atoms with Gasteiger partial charge in [-0.3, -0.25) is 4.79 Å². The van der Waals surface area contributed by atoms with Crippen LogP contribution in [0.1, 0.15) is 49.4 Å². The van der Waals surface area contributed by atoms with Crippen LogP contribution in [0, 0.1) is 18.3 Å². The number of aliphatic hydroxyl groups is 1. The van der Waals surface area contributed by atoms with Gasteiger partial charge in [0.1, 0.15) is 10.6 Å². The largest absolute Gasteiger partial charge is 0.469 e. The number of rotatable bonds is 6. The standard InChI is InChI=1S/C26H30N4O3S/c1-6-18-8-10-27-24(29-18)30-19-12-16(2)11-17(13-19)21-14-28-23(34-21)26(32)9-7-20(22(31)33-5)25(3,4)15-26/h6,8,10-14,20,32H,1,7,9,15H2,2-5H3,(H,27,29,30)/t20-,26-/m1/s1. The Hall–Kier alpha value is -3.10. The van der Waals surface area contributed by atoms with Crippen LogP contribution in [0.3, 0.4) is 0 Å². The lowest BCUT2D eigenvalue weighted by atomic mass is 9.63. The molecule has 4 rings (SSSR count). The molecule has 8 heteroatoms. The van der Waals surface area contributed by atoms with Crippen molar-refractivity contribution in [3.63, 3.8) is 0 Å². The predicted octanol–water partition coefficient (Wildman–Crippen LogP) is 5.48. The number of nitrogens with zero attached hydrogens (tertiary/aromatic N) is 3. The van der Waals surface area contributed by atoms with Gasteiger partial charge in [-0.1, -0.05) is 26.5 Å². The minimum atomic E-state index is -1.07. The topological polar surface area (TPSA) is 97.2 Å². The van der Waals surface area contributed by atoms with E-state index < -0.39 is 11.0 Å². The molecule has 1 aliphatic rings. The van der Waals surface area contributed by atoms with Crippen molar-refractivity contribution < 1.29 is 14.6 Å². The second-order valence-corrected chi connectivity index (χ2v) is 10.6. The molecule has 0 bridgehead atoms. The Morgan fingerprint density at radius 2 is 2.12 bits per heavy atom. The third-order valence-electron chi connectivity index (χ3n) is 6.43. The van der Waals surface area contributed by atoms with E-state index in [0.29, 0.717) is 30.2 Å². The molecule has 0 spiro atoms. The minimum absolute atomic E-state index is 0.214. The molecule has 3 aromatic rings. The van der Waals surface area contributed by atoms with Crippen molar-refractivity contribution in [1.82, 2.24) is 15.0 Å². The number of ether oxygens (including phenoxy) is 1. The van der Waals surface area contributed by atoms with Gasteiger partial charge in [-0.25, -0.2) is 15.0 Å². The van der Waals surface area contributed by atoms with Gasteiger partial charge in [0.15, 0.2) is 0 Å². The number of thiazole rings is 1. The Labute approximate surface area is 204 Å². The highest BCUT2D eigenvalue weighted by atomic mass is 32.1. The maximum atomic E-state index is 12.2. The highest BCUT2D eigenvalue weighted by Gasteiger charge is 2.49. The lowest BCUT2D eigenvalue weighted by Crippen LogP contribution is -2.45. The van der Waals surface area contributed by atoms with Crippen LogP contribution in [0.15, 0.2) is 43.2 Å². The zero-order chi connectivity index (χ0) is 24.5. The predicted molar refractivity (Wildman–Crippen MR) is 135 cm³/mol. The molecule has 7 nitrogen and oxygen atoms in total. The fourth-order valence-electron chi connectivity index (χ4n) is 4.80. The van der Waals surface area contributed by atoms with Crippen LogP contribution in [0.4, 0.5) is 11.6 Å². The third-order valence-corrected chi connectivity index (χ3v) is 7.67. The highest BCUT2D eigenvalue weighted by Crippen LogP contribution is 2.51. The first-order valence-corrected chi connectivity index (χ1v) is 12.1. The first kappa shape index (κ1) is 24.0. The summed E-state index contributed by atoms with van der Waals surface area (Å²) in [4.78, 5) is 26.5. The number of carbonyl (C=O) groups excluding carboxylic acids is 1. The molecule has 0 radical (unpaired) electrons. The summed E-state index contributed by atoms with van der Waals surface area (Å²) in [6.45, 7) is 9.80. The van der Waals surface area contributed by atoms with Gasteiger partial charge in [-0.15, -0.1) is 11.3 Å². The second-order valence-electron chi connectivity index (χ2n) is 9.56. The van der Waals surface area contributed by atoms with Crippen molar-refractivity contribution in [3.05, 3.63) is 59.5 Å². The first-order valence-electron chi connectivity index (χ1n) is 11.2. The fourth-order valence-corrected chi connectivity index (χ4v) is 5.82. The molecule has 0 saturated heterocycles. The Kier molecular flexibility index (Phi) is 6.55. The van der Waals surface area contributed by atoms with Crippen molar-refractivity contribution in [2.24, 2.45) is 11.3 Å². The van der Waals surface area contributed by atoms with Crippen molar-refractivity contribution in [2.75, 3.05) is 12.4 Å². The number of aryl methyl sites for hydroxylation is 1. The molecule has 1 aromatic carbocycles. The monoisotopic (exact) mass is 478 g/mol. The van der Waals surface area contributed by atoms with Crippen molar-refractivity contribution in [2.45, 2.75) is 45.6 Å². The zero-order valence-electron chi connectivity index (χ0n) is 20.0. The van der Waals surface area contributed by atoms with Crippen LogP contribution in [-0.4, -0.2) is 33.1 Å². The van der Waals surface area contributed by atoms with Crippen molar-refractivity contribution in [1.29, 1.82) is 0 Å². The highest BCUT2D eigenvalue weighted by molar-refractivity contribution is 7.15. The number of methoxy groups -OCH3 is 1. The van der Waals surface area contributed by atoms with E-state index in [4.69, 9.17) is 4.74 Å². The van der Waals surface area contributed by atoms with Crippen LogP contribution in [0.25, 0.3) is 16.5 Å². The Morgan fingerprint density at radius 3 is 2.82 bits per heavy atom. The quantitative estimate of drug-likeness (QED) is 0.453. The summed E-state index contributed by atoms with van der Waals surface area (Å²) in [5, 5.41) is 15.5. The number of anilines is 2. The van der Waals surface area contributed by atoms with Crippen molar-refractivity contribution >= 4 is 35.0 Å². The number of carbonyl (C=O) groups is 1. The van der Waals surface area contributed by atoms with Gasteiger partial charge in [-0.2, -0.15) is 0 Å². The number of benzene rings is 1. The van der Waals surface area contributed by atoms with Crippen LogP contribution in [0.5, 0.6) is 0 Å². The summed E-state index contributed by atoms with van der Waals surface area (Å²) in [5.41, 5.74) is 2.22. The Balaban J connectivity index is 1.58. The van der Waals surface area contributed by atoms with Gasteiger partial charge in [-0.05, 0) is 67.0 Å². The summed E-state index contributed by atoms with van der Waals surface area (Å²) >= 11 is 1.49. The molecule has 0 unspecified atom stereocenters. The molecule has 1 aliphatic carbocycles. The molecule has 2 atom stereocenters. The Morgan fingerprint density at radius 1 is 1.32 bits per heavy atom. The summed E-state index contributed by atoms with van der Waals surface area (Å²) in [7, 11) is 1.42. The summed E-state index contributed by atoms with van der Waals surface area (Å²) < 4.78 is 4.99. The van der Waals surface area contributed by atoms with E-state index in [2.05, 4.69) is 32.9 Å². The molecule has 1 saturated carbocycles. The van der Waals surface area contributed by atoms with Crippen molar-refractivity contribution in [3.8, 4) is 10.4 Å². The molecule has 0 amide bonds.